The fraction of sp³-hybridized carbons (Fsp3) is 0.636. The lowest BCUT2D eigenvalue weighted by molar-refractivity contribution is -0.152. The third-order valence-corrected chi connectivity index (χ3v) is 5.44. The van der Waals surface area contributed by atoms with Crippen molar-refractivity contribution in [2.75, 3.05) is 0 Å². The van der Waals surface area contributed by atoms with Crippen LogP contribution in [0.4, 0.5) is 0 Å². The van der Waals surface area contributed by atoms with E-state index in [0.29, 0.717) is 5.92 Å². The zero-order chi connectivity index (χ0) is 18.6. The Morgan fingerprint density at radius 1 is 1.32 bits per heavy atom. The maximum absolute atomic E-state index is 12.7. The van der Waals surface area contributed by atoms with Crippen LogP contribution < -0.4 is 0 Å². The first-order valence-corrected chi connectivity index (χ1v) is 9.54. The Balaban J connectivity index is 2.23. The van der Waals surface area contributed by atoms with E-state index in [1.54, 1.807) is 0 Å². The summed E-state index contributed by atoms with van der Waals surface area (Å²) in [7, 11) is 0. The van der Waals surface area contributed by atoms with Crippen molar-refractivity contribution in [3.8, 4) is 0 Å². The molecule has 0 aromatic rings. The van der Waals surface area contributed by atoms with Crippen molar-refractivity contribution in [1.82, 2.24) is 0 Å². The standard InChI is InChI=1S/C22H32O3/c1-14(2)8-6-10-16(4)18-13-12-15(3)9-7-11-19-20(18)21(24)22(19)25-17(5)23/h8-9,16,18,22H,6-7,10-13H2,1-5H3/b15-9+/t16-,18+,22+/m1/s1. The highest BCUT2D eigenvalue weighted by atomic mass is 16.5. The van der Waals surface area contributed by atoms with Crippen molar-refractivity contribution < 1.29 is 14.3 Å². The van der Waals surface area contributed by atoms with Gasteiger partial charge < -0.3 is 4.74 Å². The third kappa shape index (κ3) is 4.93. The molecule has 2 aliphatic carbocycles. The molecule has 0 bridgehead atoms. The average Bonchev–Trinajstić information content (AvgIpc) is 2.60. The quantitative estimate of drug-likeness (QED) is 0.501. The van der Waals surface area contributed by atoms with Crippen LogP contribution in [0.15, 0.2) is 34.4 Å². The second-order valence-corrected chi connectivity index (χ2v) is 7.86. The zero-order valence-corrected chi connectivity index (χ0v) is 16.4. The van der Waals surface area contributed by atoms with Crippen LogP contribution >= 0.6 is 0 Å². The molecule has 3 heteroatoms. The van der Waals surface area contributed by atoms with Gasteiger partial charge in [0.25, 0.3) is 0 Å². The first-order chi connectivity index (χ1) is 11.8. The van der Waals surface area contributed by atoms with Gasteiger partial charge in [0.2, 0.25) is 5.78 Å². The summed E-state index contributed by atoms with van der Waals surface area (Å²) < 4.78 is 5.30. The molecule has 0 spiro atoms. The fourth-order valence-corrected chi connectivity index (χ4v) is 4.01. The Bertz CT molecular complexity index is 617. The molecule has 3 atom stereocenters. The molecule has 0 saturated carbocycles. The molecule has 2 aliphatic rings. The van der Waals surface area contributed by atoms with Crippen LogP contribution in [0.5, 0.6) is 0 Å². The SMILES string of the molecule is CC(=O)O[C@@H]1C(=O)C2=C1CC/C=C(\C)CC[C@H]2[C@H](C)CCC=C(C)C. The van der Waals surface area contributed by atoms with E-state index < -0.39 is 6.10 Å². The van der Waals surface area contributed by atoms with Gasteiger partial charge in [-0.3, -0.25) is 9.59 Å². The van der Waals surface area contributed by atoms with Crippen LogP contribution in [0, 0.1) is 11.8 Å². The summed E-state index contributed by atoms with van der Waals surface area (Å²) in [6.07, 6.45) is 9.87. The monoisotopic (exact) mass is 344 g/mol. The molecule has 0 unspecified atom stereocenters. The van der Waals surface area contributed by atoms with Gasteiger partial charge in [0.1, 0.15) is 0 Å². The van der Waals surface area contributed by atoms with E-state index in [0.717, 1.165) is 49.7 Å². The van der Waals surface area contributed by atoms with Crippen molar-refractivity contribution >= 4 is 11.8 Å². The lowest BCUT2D eigenvalue weighted by Gasteiger charge is -2.37. The van der Waals surface area contributed by atoms with Gasteiger partial charge in [-0.1, -0.05) is 30.2 Å². The van der Waals surface area contributed by atoms with Crippen molar-refractivity contribution in [2.24, 2.45) is 11.8 Å². The lowest BCUT2D eigenvalue weighted by Crippen LogP contribution is -2.43. The number of allylic oxidation sites excluding steroid dienone is 4. The first-order valence-electron chi connectivity index (χ1n) is 9.54. The molecule has 0 aromatic heterocycles. The molecule has 2 rings (SSSR count). The molecule has 3 nitrogen and oxygen atoms in total. The summed E-state index contributed by atoms with van der Waals surface area (Å²) in [5.41, 5.74) is 4.79. The lowest BCUT2D eigenvalue weighted by atomic mass is 9.69. The Hall–Kier alpha value is -1.64. The van der Waals surface area contributed by atoms with E-state index >= 15 is 0 Å². The van der Waals surface area contributed by atoms with E-state index in [9.17, 15) is 9.59 Å². The van der Waals surface area contributed by atoms with Crippen LogP contribution in [0.3, 0.4) is 0 Å². The third-order valence-electron chi connectivity index (χ3n) is 5.44. The van der Waals surface area contributed by atoms with Gasteiger partial charge in [-0.2, -0.15) is 0 Å². The summed E-state index contributed by atoms with van der Waals surface area (Å²) in [4.78, 5) is 24.1. The number of carbonyl (C=O) groups excluding carboxylic acids is 2. The number of hydrogen-bond acceptors (Lipinski definition) is 3. The maximum atomic E-state index is 12.7. The first kappa shape index (κ1) is 19.7. The molecule has 0 N–H and O–H groups in total. The smallest absolute Gasteiger partial charge is 0.303 e. The number of carbonyl (C=O) groups is 2. The fourth-order valence-electron chi connectivity index (χ4n) is 4.01. The summed E-state index contributed by atoms with van der Waals surface area (Å²) in [5.74, 6) is 0.406. The highest BCUT2D eigenvalue weighted by Crippen LogP contribution is 2.43. The molecule has 0 aromatic carbocycles. The highest BCUT2D eigenvalue weighted by molar-refractivity contribution is 6.10. The van der Waals surface area contributed by atoms with Crippen LogP contribution in [-0.4, -0.2) is 17.9 Å². The number of hydrogen-bond donors (Lipinski definition) is 0. The molecule has 25 heavy (non-hydrogen) atoms. The van der Waals surface area contributed by atoms with Gasteiger partial charge in [-0.25, -0.2) is 0 Å². The molecule has 0 fully saturated rings. The van der Waals surface area contributed by atoms with Gasteiger partial charge in [0, 0.05) is 12.5 Å². The Morgan fingerprint density at radius 3 is 2.68 bits per heavy atom. The predicted molar refractivity (Wildman–Crippen MR) is 101 cm³/mol. The van der Waals surface area contributed by atoms with Crippen LogP contribution in [0.25, 0.3) is 0 Å². The Labute approximate surface area is 152 Å². The normalized spacial score (nSPS) is 26.9. The van der Waals surface area contributed by atoms with E-state index in [1.165, 1.54) is 18.1 Å². The molecule has 0 aliphatic heterocycles. The Morgan fingerprint density at radius 2 is 2.04 bits per heavy atom. The van der Waals surface area contributed by atoms with Crippen LogP contribution in [0.2, 0.25) is 0 Å². The largest absolute Gasteiger partial charge is 0.450 e. The topological polar surface area (TPSA) is 43.4 Å². The van der Waals surface area contributed by atoms with E-state index in [1.807, 2.05) is 0 Å². The molecule has 0 heterocycles. The summed E-state index contributed by atoms with van der Waals surface area (Å²) in [5, 5.41) is 0. The maximum Gasteiger partial charge on any atom is 0.303 e. The number of rotatable bonds is 5. The van der Waals surface area contributed by atoms with Gasteiger partial charge in [0.15, 0.2) is 6.10 Å². The number of ether oxygens (including phenoxy) is 1. The van der Waals surface area contributed by atoms with Crippen LogP contribution in [0.1, 0.15) is 73.1 Å². The zero-order valence-electron chi connectivity index (χ0n) is 16.4. The van der Waals surface area contributed by atoms with E-state index in [4.69, 9.17) is 4.74 Å². The molecular formula is C22H32O3. The van der Waals surface area contributed by atoms with Crippen LogP contribution in [-0.2, 0) is 14.3 Å². The van der Waals surface area contributed by atoms with Gasteiger partial charge in [-0.05, 0) is 76.7 Å². The minimum absolute atomic E-state index is 0.0452. The summed E-state index contributed by atoms with van der Waals surface area (Å²) >= 11 is 0. The second-order valence-electron chi connectivity index (χ2n) is 7.86. The number of esters is 1. The van der Waals surface area contributed by atoms with Crippen molar-refractivity contribution in [1.29, 1.82) is 0 Å². The highest BCUT2D eigenvalue weighted by Gasteiger charge is 2.45. The molecule has 0 saturated heterocycles. The van der Waals surface area contributed by atoms with E-state index in [-0.39, 0.29) is 17.7 Å². The minimum atomic E-state index is -0.619. The number of Topliss-reactive ketones (excluding diaryl/α,β-unsaturated/α-hetero) is 1. The van der Waals surface area contributed by atoms with E-state index in [2.05, 4.69) is 39.8 Å². The average molecular weight is 344 g/mol. The Kier molecular flexibility index (Phi) is 6.80. The number of ketones is 1. The molecular weight excluding hydrogens is 312 g/mol. The summed E-state index contributed by atoms with van der Waals surface area (Å²) in [6, 6.07) is 0. The minimum Gasteiger partial charge on any atom is -0.450 e. The molecule has 0 radical (unpaired) electrons. The van der Waals surface area contributed by atoms with Crippen molar-refractivity contribution in [3.63, 3.8) is 0 Å². The van der Waals surface area contributed by atoms with Gasteiger partial charge in [-0.15, -0.1) is 0 Å². The molecule has 0 amide bonds. The van der Waals surface area contributed by atoms with Gasteiger partial charge >= 0.3 is 5.97 Å². The second kappa shape index (κ2) is 8.64. The molecule has 138 valence electrons. The van der Waals surface area contributed by atoms with Gasteiger partial charge in [0.05, 0.1) is 0 Å². The predicted octanol–water partition coefficient (Wildman–Crippen LogP) is 5.32. The van der Waals surface area contributed by atoms with Crippen molar-refractivity contribution in [2.45, 2.75) is 79.2 Å². The van der Waals surface area contributed by atoms with Crippen molar-refractivity contribution in [3.05, 3.63) is 34.4 Å². The summed E-state index contributed by atoms with van der Waals surface area (Å²) in [6.45, 7) is 10.1.